The van der Waals surface area contributed by atoms with E-state index in [2.05, 4.69) is 0 Å². The van der Waals surface area contributed by atoms with E-state index in [4.69, 9.17) is 9.15 Å². The van der Waals surface area contributed by atoms with Crippen molar-refractivity contribution in [3.8, 4) is 11.3 Å². The summed E-state index contributed by atoms with van der Waals surface area (Å²) in [6.45, 7) is 4.76. The monoisotopic (exact) mass is 385 g/mol. The Labute approximate surface area is 161 Å². The Bertz CT molecular complexity index is 908. The van der Waals surface area contributed by atoms with Crippen molar-refractivity contribution in [2.45, 2.75) is 26.4 Å². The third kappa shape index (κ3) is 4.68. The molecule has 0 bridgehead atoms. The molecule has 6 nitrogen and oxygen atoms in total. The van der Waals surface area contributed by atoms with Crippen LogP contribution < -0.4 is 0 Å². The third-order valence-electron chi connectivity index (χ3n) is 3.54. The van der Waals surface area contributed by atoms with E-state index in [1.54, 1.807) is 32.9 Å². The number of hydrogen-bond acceptors (Lipinski definition) is 6. The maximum Gasteiger partial charge on any atom is 0.326 e. The first-order chi connectivity index (χ1) is 12.7. The van der Waals surface area contributed by atoms with Gasteiger partial charge in [0.25, 0.3) is 11.1 Å². The Morgan fingerprint density at radius 2 is 1.85 bits per heavy atom. The van der Waals surface area contributed by atoms with Gasteiger partial charge in [-0.25, -0.2) is 0 Å². The zero-order valence-corrected chi connectivity index (χ0v) is 16.0. The molecule has 0 spiro atoms. The summed E-state index contributed by atoms with van der Waals surface area (Å²) in [6, 6.07) is 13.1. The summed E-state index contributed by atoms with van der Waals surface area (Å²) in [5.41, 5.74) is 0.228. The standard InChI is InChI=1S/C20H19NO5S/c1-20(2,3)26-17(22)12-21-18(23)16(27-19(21)24)11-14-9-10-15(25-14)13-7-5-4-6-8-13/h4-11H,12H2,1-3H3/b16-11+. The lowest BCUT2D eigenvalue weighted by Crippen LogP contribution is -2.37. The molecule has 1 fully saturated rings. The number of furan rings is 1. The Kier molecular flexibility index (Phi) is 5.23. The van der Waals surface area contributed by atoms with E-state index in [1.807, 2.05) is 30.3 Å². The molecule has 2 amide bonds. The van der Waals surface area contributed by atoms with Crippen LogP contribution in [0.3, 0.4) is 0 Å². The molecule has 0 saturated carbocycles. The second-order valence-corrected chi connectivity index (χ2v) is 7.92. The fraction of sp³-hybridized carbons (Fsp3) is 0.250. The van der Waals surface area contributed by atoms with Crippen LogP contribution in [0.15, 0.2) is 51.8 Å². The van der Waals surface area contributed by atoms with Crippen molar-refractivity contribution >= 4 is 35.0 Å². The molecule has 2 heterocycles. The molecular weight excluding hydrogens is 366 g/mol. The Morgan fingerprint density at radius 3 is 2.52 bits per heavy atom. The van der Waals surface area contributed by atoms with Crippen LogP contribution in [-0.2, 0) is 14.3 Å². The van der Waals surface area contributed by atoms with Gasteiger partial charge in [-0.2, -0.15) is 0 Å². The van der Waals surface area contributed by atoms with Gasteiger partial charge >= 0.3 is 5.97 Å². The van der Waals surface area contributed by atoms with E-state index in [9.17, 15) is 14.4 Å². The highest BCUT2D eigenvalue weighted by Crippen LogP contribution is 2.33. The van der Waals surface area contributed by atoms with E-state index in [-0.39, 0.29) is 4.91 Å². The number of esters is 1. The van der Waals surface area contributed by atoms with E-state index < -0.39 is 29.3 Å². The zero-order valence-electron chi connectivity index (χ0n) is 15.2. The minimum atomic E-state index is -0.684. The molecule has 1 saturated heterocycles. The second-order valence-electron chi connectivity index (χ2n) is 6.92. The third-order valence-corrected chi connectivity index (χ3v) is 4.45. The molecule has 140 valence electrons. The average Bonchev–Trinajstić information content (AvgIpc) is 3.15. The first-order valence-corrected chi connectivity index (χ1v) is 9.17. The SMILES string of the molecule is CC(C)(C)OC(=O)CN1C(=O)S/C(=C/c2ccc(-c3ccccc3)o2)C1=O. The Morgan fingerprint density at radius 1 is 1.15 bits per heavy atom. The number of thioether (sulfide) groups is 1. The molecule has 2 aromatic rings. The fourth-order valence-electron chi connectivity index (χ4n) is 2.46. The first-order valence-electron chi connectivity index (χ1n) is 8.35. The smallest absolute Gasteiger partial charge is 0.326 e. The fourth-order valence-corrected chi connectivity index (χ4v) is 3.27. The van der Waals surface area contributed by atoms with Crippen LogP contribution in [0.2, 0.25) is 0 Å². The van der Waals surface area contributed by atoms with Gasteiger partial charge in [0.05, 0.1) is 4.91 Å². The molecule has 0 unspecified atom stereocenters. The van der Waals surface area contributed by atoms with Crippen LogP contribution in [0.1, 0.15) is 26.5 Å². The quantitative estimate of drug-likeness (QED) is 0.576. The van der Waals surface area contributed by atoms with Gasteiger partial charge in [0.2, 0.25) is 0 Å². The molecule has 0 aliphatic carbocycles. The number of ether oxygens (including phenoxy) is 1. The predicted molar refractivity (Wildman–Crippen MR) is 103 cm³/mol. The number of hydrogen-bond donors (Lipinski definition) is 0. The van der Waals surface area contributed by atoms with Gasteiger partial charge in [-0.15, -0.1) is 0 Å². The highest BCUT2D eigenvalue weighted by molar-refractivity contribution is 8.18. The first kappa shape index (κ1) is 19.0. The molecule has 1 aromatic heterocycles. The second kappa shape index (κ2) is 7.44. The van der Waals surface area contributed by atoms with Crippen LogP contribution in [-0.4, -0.2) is 34.2 Å². The van der Waals surface area contributed by atoms with Crippen LogP contribution in [0.5, 0.6) is 0 Å². The van der Waals surface area contributed by atoms with Crippen molar-refractivity contribution in [1.82, 2.24) is 4.90 Å². The molecule has 0 atom stereocenters. The highest BCUT2D eigenvalue weighted by Gasteiger charge is 2.37. The number of nitrogens with zero attached hydrogens (tertiary/aromatic N) is 1. The van der Waals surface area contributed by atoms with Crippen molar-refractivity contribution in [3.05, 3.63) is 53.1 Å². The lowest BCUT2D eigenvalue weighted by molar-refractivity contribution is -0.156. The summed E-state index contributed by atoms with van der Waals surface area (Å²) in [5, 5.41) is -0.507. The molecule has 3 rings (SSSR count). The summed E-state index contributed by atoms with van der Waals surface area (Å²) in [5.74, 6) is -0.0459. The van der Waals surface area contributed by atoms with Crippen molar-refractivity contribution < 1.29 is 23.5 Å². The van der Waals surface area contributed by atoms with Crippen LogP contribution >= 0.6 is 11.8 Å². The van der Waals surface area contributed by atoms with Gasteiger partial charge in [0, 0.05) is 11.6 Å². The topological polar surface area (TPSA) is 76.8 Å². The normalized spacial score (nSPS) is 16.3. The number of carbonyl (C=O) groups excluding carboxylic acids is 3. The van der Waals surface area contributed by atoms with E-state index >= 15 is 0 Å². The minimum Gasteiger partial charge on any atom is -0.459 e. The molecule has 0 N–H and O–H groups in total. The van der Waals surface area contributed by atoms with E-state index in [1.165, 1.54) is 6.08 Å². The van der Waals surface area contributed by atoms with Crippen LogP contribution in [0, 0.1) is 0 Å². The summed E-state index contributed by atoms with van der Waals surface area (Å²) in [6.07, 6.45) is 1.51. The number of carbonyl (C=O) groups is 3. The summed E-state index contributed by atoms with van der Waals surface area (Å²) < 4.78 is 10.9. The summed E-state index contributed by atoms with van der Waals surface area (Å²) >= 11 is 0.772. The van der Waals surface area contributed by atoms with Crippen molar-refractivity contribution in [1.29, 1.82) is 0 Å². The van der Waals surface area contributed by atoms with E-state index in [0.717, 1.165) is 22.2 Å². The number of benzene rings is 1. The average molecular weight is 385 g/mol. The largest absolute Gasteiger partial charge is 0.459 e. The van der Waals surface area contributed by atoms with Gasteiger partial charge in [0.1, 0.15) is 23.7 Å². The lowest BCUT2D eigenvalue weighted by atomic mass is 10.2. The van der Waals surface area contributed by atoms with Gasteiger partial charge in [-0.3, -0.25) is 19.3 Å². The van der Waals surface area contributed by atoms with Crippen molar-refractivity contribution in [2.24, 2.45) is 0 Å². The number of rotatable bonds is 4. The summed E-state index contributed by atoms with van der Waals surface area (Å²) in [7, 11) is 0. The highest BCUT2D eigenvalue weighted by atomic mass is 32.2. The molecule has 1 aromatic carbocycles. The lowest BCUT2D eigenvalue weighted by Gasteiger charge is -2.21. The molecule has 1 aliphatic heterocycles. The van der Waals surface area contributed by atoms with Gasteiger partial charge in [0.15, 0.2) is 0 Å². The van der Waals surface area contributed by atoms with Crippen molar-refractivity contribution in [2.75, 3.05) is 6.54 Å². The van der Waals surface area contributed by atoms with Crippen LogP contribution in [0.25, 0.3) is 17.4 Å². The van der Waals surface area contributed by atoms with E-state index in [0.29, 0.717) is 11.5 Å². The molecule has 27 heavy (non-hydrogen) atoms. The maximum absolute atomic E-state index is 12.5. The predicted octanol–water partition coefficient (Wildman–Crippen LogP) is 4.32. The Hall–Kier alpha value is -2.80. The Balaban J connectivity index is 1.73. The molecule has 0 radical (unpaired) electrons. The van der Waals surface area contributed by atoms with Gasteiger partial charge < -0.3 is 9.15 Å². The van der Waals surface area contributed by atoms with Crippen molar-refractivity contribution in [3.63, 3.8) is 0 Å². The van der Waals surface area contributed by atoms with Gasteiger partial charge in [-0.05, 0) is 44.7 Å². The maximum atomic E-state index is 12.5. The molecular formula is C20H19NO5S. The van der Waals surface area contributed by atoms with Crippen LogP contribution in [0.4, 0.5) is 4.79 Å². The number of amides is 2. The summed E-state index contributed by atoms with van der Waals surface area (Å²) in [4.78, 5) is 37.6. The zero-order chi connectivity index (χ0) is 19.6. The molecule has 1 aliphatic rings. The minimum absolute atomic E-state index is 0.206. The number of imide groups is 1. The molecule has 7 heteroatoms. The van der Waals surface area contributed by atoms with Gasteiger partial charge in [-0.1, -0.05) is 30.3 Å².